The Balaban J connectivity index is 1.36. The van der Waals surface area contributed by atoms with Gasteiger partial charge in [-0.15, -0.1) is 5.10 Å². The van der Waals surface area contributed by atoms with Crippen molar-refractivity contribution in [3.63, 3.8) is 0 Å². The lowest BCUT2D eigenvalue weighted by molar-refractivity contribution is -0.116. The van der Waals surface area contributed by atoms with Crippen molar-refractivity contribution in [2.75, 3.05) is 18.4 Å². The van der Waals surface area contributed by atoms with Gasteiger partial charge >= 0.3 is 0 Å². The van der Waals surface area contributed by atoms with E-state index in [0.717, 1.165) is 31.2 Å². The quantitative estimate of drug-likeness (QED) is 0.549. The number of nitrogens with one attached hydrogen (secondary N) is 1. The summed E-state index contributed by atoms with van der Waals surface area (Å²) in [5, 5.41) is 13.8. The predicted molar refractivity (Wildman–Crippen MR) is 124 cm³/mol. The minimum Gasteiger partial charge on any atom is -0.326 e. The molecule has 2 aromatic carbocycles. The van der Waals surface area contributed by atoms with E-state index in [1.165, 1.54) is 22.9 Å². The number of halogens is 1. The molecule has 2 heterocycles. The largest absolute Gasteiger partial charge is 0.326 e. The standard InChI is InChI=1S/C23H27FN6O3S/c1-17-26-27-28-30(17)22-16-19(9-12-21(22)24)25-23(31)13-8-18-6-10-20(11-7-18)34(32,33)29-14-4-2-3-5-15-29/h6-7,9-12,16H,2-5,8,13-15H2,1H3,(H,25,31). The van der Waals surface area contributed by atoms with Crippen LogP contribution in [0, 0.1) is 12.7 Å². The first-order valence-corrected chi connectivity index (χ1v) is 12.7. The van der Waals surface area contributed by atoms with Gasteiger partial charge in [0.2, 0.25) is 15.9 Å². The van der Waals surface area contributed by atoms with E-state index < -0.39 is 15.8 Å². The van der Waals surface area contributed by atoms with E-state index in [9.17, 15) is 17.6 Å². The molecule has 4 rings (SSSR count). The molecule has 0 spiro atoms. The molecule has 1 aliphatic rings. The zero-order valence-electron chi connectivity index (χ0n) is 18.9. The number of nitrogens with zero attached hydrogens (tertiary/aromatic N) is 5. The van der Waals surface area contributed by atoms with Crippen LogP contribution in [-0.4, -0.2) is 51.9 Å². The molecule has 0 aliphatic carbocycles. The molecule has 9 nitrogen and oxygen atoms in total. The van der Waals surface area contributed by atoms with E-state index in [2.05, 4.69) is 20.8 Å². The van der Waals surface area contributed by atoms with Crippen LogP contribution >= 0.6 is 0 Å². The minimum absolute atomic E-state index is 0.140. The number of tetrazole rings is 1. The third-order valence-electron chi connectivity index (χ3n) is 5.85. The van der Waals surface area contributed by atoms with E-state index in [-0.39, 0.29) is 22.9 Å². The van der Waals surface area contributed by atoms with Gasteiger partial charge in [0.25, 0.3) is 0 Å². The minimum atomic E-state index is -3.50. The Kier molecular flexibility index (Phi) is 7.32. The van der Waals surface area contributed by atoms with Crippen LogP contribution in [0.15, 0.2) is 47.4 Å². The van der Waals surface area contributed by atoms with Gasteiger partial charge in [0.05, 0.1) is 4.90 Å². The molecule has 1 fully saturated rings. The Morgan fingerprint density at radius 3 is 2.41 bits per heavy atom. The number of benzene rings is 2. The number of aromatic nitrogens is 4. The van der Waals surface area contributed by atoms with Gasteiger partial charge in [0.1, 0.15) is 11.5 Å². The highest BCUT2D eigenvalue weighted by Gasteiger charge is 2.25. The molecular formula is C23H27FN6O3S. The fraction of sp³-hybridized carbons (Fsp3) is 0.391. The predicted octanol–water partition coefficient (Wildman–Crippen LogP) is 3.25. The summed E-state index contributed by atoms with van der Waals surface area (Å²) in [6, 6.07) is 10.9. The van der Waals surface area contributed by atoms with E-state index in [1.807, 2.05) is 0 Å². The fourth-order valence-corrected chi connectivity index (χ4v) is 5.46. The Hall–Kier alpha value is -3.18. The maximum atomic E-state index is 14.2. The first-order valence-electron chi connectivity index (χ1n) is 11.3. The zero-order chi connectivity index (χ0) is 24.1. The number of aryl methyl sites for hydroxylation is 2. The van der Waals surface area contributed by atoms with Crippen molar-refractivity contribution in [3.05, 3.63) is 59.7 Å². The van der Waals surface area contributed by atoms with Crippen molar-refractivity contribution in [1.82, 2.24) is 24.5 Å². The van der Waals surface area contributed by atoms with Gasteiger partial charge in [-0.3, -0.25) is 4.79 Å². The molecule has 1 N–H and O–H groups in total. The van der Waals surface area contributed by atoms with Crippen LogP contribution < -0.4 is 5.32 Å². The van der Waals surface area contributed by atoms with E-state index in [4.69, 9.17) is 0 Å². The van der Waals surface area contributed by atoms with Gasteiger partial charge in [0.15, 0.2) is 5.82 Å². The summed E-state index contributed by atoms with van der Waals surface area (Å²) < 4.78 is 42.8. The number of rotatable bonds is 7. The number of sulfonamides is 1. The number of anilines is 1. The van der Waals surface area contributed by atoms with Gasteiger partial charge in [-0.25, -0.2) is 12.8 Å². The van der Waals surface area contributed by atoms with Crippen molar-refractivity contribution < 1.29 is 17.6 Å². The highest BCUT2D eigenvalue weighted by molar-refractivity contribution is 7.89. The van der Waals surface area contributed by atoms with Crippen LogP contribution in [0.5, 0.6) is 0 Å². The summed E-state index contributed by atoms with van der Waals surface area (Å²) in [5.41, 5.74) is 1.42. The van der Waals surface area contributed by atoms with Gasteiger partial charge < -0.3 is 5.32 Å². The summed E-state index contributed by atoms with van der Waals surface area (Å²) in [5.74, 6) is -0.334. The maximum absolute atomic E-state index is 14.2. The lowest BCUT2D eigenvalue weighted by Gasteiger charge is -2.20. The third kappa shape index (κ3) is 5.48. The Morgan fingerprint density at radius 2 is 1.76 bits per heavy atom. The van der Waals surface area contributed by atoms with Gasteiger partial charge in [-0.1, -0.05) is 25.0 Å². The van der Waals surface area contributed by atoms with Crippen molar-refractivity contribution in [2.45, 2.75) is 50.3 Å². The molecule has 11 heteroatoms. The van der Waals surface area contributed by atoms with Crippen LogP contribution in [-0.2, 0) is 21.2 Å². The molecule has 0 bridgehead atoms. The highest BCUT2D eigenvalue weighted by atomic mass is 32.2. The fourth-order valence-electron chi connectivity index (χ4n) is 3.95. The van der Waals surface area contributed by atoms with Crippen LogP contribution in [0.2, 0.25) is 0 Å². The molecule has 0 radical (unpaired) electrons. The smallest absolute Gasteiger partial charge is 0.243 e. The number of hydrogen-bond acceptors (Lipinski definition) is 6. The van der Waals surface area contributed by atoms with Gasteiger partial charge in [0, 0.05) is 25.2 Å². The first kappa shape index (κ1) is 24.0. The second-order valence-electron chi connectivity index (χ2n) is 8.31. The summed E-state index contributed by atoms with van der Waals surface area (Å²) >= 11 is 0. The second kappa shape index (κ2) is 10.4. The van der Waals surface area contributed by atoms with Crippen molar-refractivity contribution in [2.24, 2.45) is 0 Å². The normalized spacial score (nSPS) is 15.1. The molecule has 0 unspecified atom stereocenters. The van der Waals surface area contributed by atoms with Crippen molar-refractivity contribution >= 4 is 21.6 Å². The maximum Gasteiger partial charge on any atom is 0.243 e. The molecule has 1 saturated heterocycles. The van der Waals surface area contributed by atoms with E-state index in [0.29, 0.717) is 31.0 Å². The monoisotopic (exact) mass is 486 g/mol. The number of carbonyl (C=O) groups excluding carboxylic acids is 1. The third-order valence-corrected chi connectivity index (χ3v) is 7.76. The molecule has 180 valence electrons. The van der Waals surface area contributed by atoms with Crippen LogP contribution in [0.25, 0.3) is 5.69 Å². The van der Waals surface area contributed by atoms with Crippen molar-refractivity contribution in [1.29, 1.82) is 0 Å². The lowest BCUT2D eigenvalue weighted by atomic mass is 10.1. The summed E-state index contributed by atoms with van der Waals surface area (Å²) in [7, 11) is -3.50. The van der Waals surface area contributed by atoms with Gasteiger partial charge in [-0.2, -0.15) is 8.99 Å². The molecule has 1 aromatic heterocycles. The number of hydrogen-bond donors (Lipinski definition) is 1. The molecule has 0 atom stereocenters. The molecule has 1 aliphatic heterocycles. The molecule has 3 aromatic rings. The van der Waals surface area contributed by atoms with Crippen LogP contribution in [0.1, 0.15) is 43.5 Å². The average molecular weight is 487 g/mol. The second-order valence-corrected chi connectivity index (χ2v) is 10.3. The summed E-state index contributed by atoms with van der Waals surface area (Å²) in [6.07, 6.45) is 4.52. The molecular weight excluding hydrogens is 459 g/mol. The van der Waals surface area contributed by atoms with Crippen molar-refractivity contribution in [3.8, 4) is 5.69 Å². The highest BCUT2D eigenvalue weighted by Crippen LogP contribution is 2.22. The molecule has 0 saturated carbocycles. The zero-order valence-corrected chi connectivity index (χ0v) is 19.8. The summed E-state index contributed by atoms with van der Waals surface area (Å²) in [6.45, 7) is 2.76. The van der Waals surface area contributed by atoms with E-state index >= 15 is 0 Å². The molecule has 34 heavy (non-hydrogen) atoms. The topological polar surface area (TPSA) is 110 Å². The number of carbonyl (C=O) groups is 1. The Labute approximate surface area is 198 Å². The average Bonchev–Trinajstić information content (AvgIpc) is 3.07. The van der Waals surface area contributed by atoms with E-state index in [1.54, 1.807) is 35.5 Å². The Bertz CT molecular complexity index is 1250. The van der Waals surface area contributed by atoms with Crippen LogP contribution in [0.4, 0.5) is 10.1 Å². The Morgan fingerprint density at radius 1 is 1.06 bits per heavy atom. The van der Waals surface area contributed by atoms with Crippen LogP contribution in [0.3, 0.4) is 0 Å². The first-order chi connectivity index (χ1) is 16.3. The SMILES string of the molecule is Cc1nnnn1-c1cc(NC(=O)CCc2ccc(S(=O)(=O)N3CCCCCC3)cc2)ccc1F. The molecule has 1 amide bonds. The number of amides is 1. The lowest BCUT2D eigenvalue weighted by Crippen LogP contribution is -2.31. The van der Waals surface area contributed by atoms with Gasteiger partial charge in [-0.05, 0) is 72.5 Å². The summed E-state index contributed by atoms with van der Waals surface area (Å²) in [4.78, 5) is 12.7.